The van der Waals surface area contributed by atoms with Gasteiger partial charge in [-0.2, -0.15) is 0 Å². The van der Waals surface area contributed by atoms with Gasteiger partial charge >= 0.3 is 0 Å². The third kappa shape index (κ3) is 4.40. The van der Waals surface area contributed by atoms with Crippen LogP contribution in [0.25, 0.3) is 16.6 Å². The first-order valence-corrected chi connectivity index (χ1v) is 10.5. The zero-order chi connectivity index (χ0) is 21.3. The standard InChI is InChI=1S/C24H29FN4O/c1-17(2)26-24(30)18-4-7-21(8-5-18)29-16-19(15-28-12-10-27(3)11-13-28)22-14-20(25)6-9-23(22)29/h4-9,14,16-17H,10-13,15H2,1-3H3,(H,26,30). The summed E-state index contributed by atoms with van der Waals surface area (Å²) in [6.45, 7) is 8.81. The molecule has 1 aliphatic rings. The van der Waals surface area contributed by atoms with Crippen LogP contribution in [0.2, 0.25) is 0 Å². The molecule has 0 bridgehead atoms. The van der Waals surface area contributed by atoms with Gasteiger partial charge in [-0.1, -0.05) is 0 Å². The summed E-state index contributed by atoms with van der Waals surface area (Å²) in [5.41, 5.74) is 3.68. The van der Waals surface area contributed by atoms with Gasteiger partial charge in [-0.15, -0.1) is 0 Å². The number of hydrogen-bond donors (Lipinski definition) is 1. The maximum absolute atomic E-state index is 14.0. The van der Waals surface area contributed by atoms with E-state index in [1.165, 1.54) is 6.07 Å². The number of nitrogens with one attached hydrogen (secondary N) is 1. The first-order valence-electron chi connectivity index (χ1n) is 10.5. The van der Waals surface area contributed by atoms with Crippen LogP contribution in [-0.4, -0.2) is 59.5 Å². The Kier molecular flexibility index (Phi) is 5.88. The van der Waals surface area contributed by atoms with Crippen LogP contribution in [0.1, 0.15) is 29.8 Å². The number of hydrogen-bond acceptors (Lipinski definition) is 3. The predicted octanol–water partition coefficient (Wildman–Crippen LogP) is 3.66. The molecule has 1 aliphatic heterocycles. The second-order valence-corrected chi connectivity index (χ2v) is 8.44. The summed E-state index contributed by atoms with van der Waals surface area (Å²) in [4.78, 5) is 17.0. The Balaban J connectivity index is 1.65. The molecule has 1 aromatic heterocycles. The molecule has 0 spiro atoms. The molecule has 1 amide bonds. The maximum Gasteiger partial charge on any atom is 0.251 e. The van der Waals surface area contributed by atoms with Crippen molar-refractivity contribution in [3.05, 3.63) is 65.6 Å². The molecule has 2 aromatic carbocycles. The second-order valence-electron chi connectivity index (χ2n) is 8.44. The largest absolute Gasteiger partial charge is 0.350 e. The van der Waals surface area contributed by atoms with E-state index in [1.807, 2.05) is 44.2 Å². The molecular formula is C24H29FN4O. The molecule has 4 rings (SSSR count). The Morgan fingerprint density at radius 3 is 2.43 bits per heavy atom. The number of piperazine rings is 1. The van der Waals surface area contributed by atoms with Crippen LogP contribution in [0, 0.1) is 5.82 Å². The Bertz CT molecular complexity index is 1030. The topological polar surface area (TPSA) is 40.5 Å². The molecule has 2 heterocycles. The van der Waals surface area contributed by atoms with Crippen molar-refractivity contribution in [1.29, 1.82) is 0 Å². The quantitative estimate of drug-likeness (QED) is 0.701. The number of amides is 1. The molecule has 1 saturated heterocycles. The van der Waals surface area contributed by atoms with Crippen molar-refractivity contribution >= 4 is 16.8 Å². The molecule has 5 nitrogen and oxygen atoms in total. The van der Waals surface area contributed by atoms with Crippen molar-refractivity contribution in [2.24, 2.45) is 0 Å². The highest BCUT2D eigenvalue weighted by atomic mass is 19.1. The minimum atomic E-state index is -0.222. The summed E-state index contributed by atoms with van der Waals surface area (Å²) in [7, 11) is 2.14. The molecule has 158 valence electrons. The van der Waals surface area contributed by atoms with E-state index < -0.39 is 0 Å². The number of likely N-dealkylation sites (N-methyl/N-ethyl adjacent to an activating group) is 1. The summed E-state index contributed by atoms with van der Waals surface area (Å²) in [6.07, 6.45) is 2.10. The summed E-state index contributed by atoms with van der Waals surface area (Å²) in [5.74, 6) is -0.299. The van der Waals surface area contributed by atoms with E-state index in [1.54, 1.807) is 6.07 Å². The van der Waals surface area contributed by atoms with Gasteiger partial charge in [-0.25, -0.2) is 4.39 Å². The molecular weight excluding hydrogens is 379 g/mol. The van der Waals surface area contributed by atoms with Gasteiger partial charge in [-0.3, -0.25) is 9.69 Å². The molecule has 1 fully saturated rings. The molecule has 30 heavy (non-hydrogen) atoms. The van der Waals surface area contributed by atoms with Gasteiger partial charge in [0.15, 0.2) is 0 Å². The molecule has 0 unspecified atom stereocenters. The average Bonchev–Trinajstić information content (AvgIpc) is 3.07. The minimum Gasteiger partial charge on any atom is -0.350 e. The molecule has 1 N–H and O–H groups in total. The monoisotopic (exact) mass is 408 g/mol. The SMILES string of the molecule is CC(C)NC(=O)c1ccc(-n2cc(CN3CCN(C)CC3)c3cc(F)ccc32)cc1. The van der Waals surface area contributed by atoms with Crippen LogP contribution in [0.5, 0.6) is 0 Å². The van der Waals surface area contributed by atoms with Gasteiger partial charge in [0.25, 0.3) is 5.91 Å². The first-order chi connectivity index (χ1) is 14.4. The average molecular weight is 409 g/mol. The van der Waals surface area contributed by atoms with E-state index in [4.69, 9.17) is 0 Å². The highest BCUT2D eigenvalue weighted by Crippen LogP contribution is 2.27. The summed E-state index contributed by atoms with van der Waals surface area (Å²) in [6, 6.07) is 12.6. The Morgan fingerprint density at radius 1 is 1.07 bits per heavy atom. The highest BCUT2D eigenvalue weighted by Gasteiger charge is 2.18. The zero-order valence-electron chi connectivity index (χ0n) is 17.9. The van der Waals surface area contributed by atoms with Gasteiger partial charge < -0.3 is 14.8 Å². The number of carbonyl (C=O) groups excluding carboxylic acids is 1. The van der Waals surface area contributed by atoms with E-state index >= 15 is 0 Å². The molecule has 0 radical (unpaired) electrons. The summed E-state index contributed by atoms with van der Waals surface area (Å²) >= 11 is 0. The third-order valence-electron chi connectivity index (χ3n) is 5.67. The number of carbonyl (C=O) groups is 1. The summed E-state index contributed by atoms with van der Waals surface area (Å²) < 4.78 is 16.1. The molecule has 0 aliphatic carbocycles. The van der Waals surface area contributed by atoms with Crippen molar-refractivity contribution in [3.8, 4) is 5.69 Å². The van der Waals surface area contributed by atoms with Crippen LogP contribution in [0.4, 0.5) is 4.39 Å². The van der Waals surface area contributed by atoms with Crippen LogP contribution < -0.4 is 5.32 Å². The lowest BCUT2D eigenvalue weighted by atomic mass is 10.1. The number of halogens is 1. The van der Waals surface area contributed by atoms with Crippen molar-refractivity contribution < 1.29 is 9.18 Å². The maximum atomic E-state index is 14.0. The van der Waals surface area contributed by atoms with Crippen LogP contribution in [-0.2, 0) is 6.54 Å². The van der Waals surface area contributed by atoms with Crippen LogP contribution in [0.15, 0.2) is 48.7 Å². The molecule has 3 aromatic rings. The van der Waals surface area contributed by atoms with E-state index in [-0.39, 0.29) is 17.8 Å². The number of benzene rings is 2. The lowest BCUT2D eigenvalue weighted by Gasteiger charge is -2.32. The predicted molar refractivity (Wildman–Crippen MR) is 119 cm³/mol. The smallest absolute Gasteiger partial charge is 0.251 e. The van der Waals surface area contributed by atoms with Crippen molar-refractivity contribution in [2.75, 3.05) is 33.2 Å². The van der Waals surface area contributed by atoms with Crippen LogP contribution in [0.3, 0.4) is 0 Å². The molecule has 0 atom stereocenters. The van der Waals surface area contributed by atoms with Crippen molar-refractivity contribution in [3.63, 3.8) is 0 Å². The third-order valence-corrected chi connectivity index (χ3v) is 5.67. The van der Waals surface area contributed by atoms with E-state index in [9.17, 15) is 9.18 Å². The number of nitrogens with zero attached hydrogens (tertiary/aromatic N) is 3. The summed E-state index contributed by atoms with van der Waals surface area (Å²) in [5, 5.41) is 3.85. The van der Waals surface area contributed by atoms with E-state index in [0.29, 0.717) is 5.56 Å². The molecule has 0 saturated carbocycles. The van der Waals surface area contributed by atoms with Gasteiger partial charge in [-0.05, 0) is 68.9 Å². The zero-order valence-corrected chi connectivity index (χ0v) is 17.9. The Labute approximate surface area is 177 Å². The van der Waals surface area contributed by atoms with Gasteiger partial charge in [0.1, 0.15) is 5.82 Å². The number of aromatic nitrogens is 1. The fourth-order valence-electron chi connectivity index (χ4n) is 3.98. The van der Waals surface area contributed by atoms with E-state index in [0.717, 1.165) is 54.9 Å². The van der Waals surface area contributed by atoms with Crippen molar-refractivity contribution in [2.45, 2.75) is 26.4 Å². The normalized spacial score (nSPS) is 15.8. The number of rotatable bonds is 5. The molecule has 6 heteroatoms. The highest BCUT2D eigenvalue weighted by molar-refractivity contribution is 5.94. The lowest BCUT2D eigenvalue weighted by molar-refractivity contribution is 0.0943. The van der Waals surface area contributed by atoms with Gasteiger partial charge in [0.05, 0.1) is 5.52 Å². The lowest BCUT2D eigenvalue weighted by Crippen LogP contribution is -2.43. The second kappa shape index (κ2) is 8.58. The Hall–Kier alpha value is -2.70. The van der Waals surface area contributed by atoms with Crippen molar-refractivity contribution in [1.82, 2.24) is 19.7 Å². The van der Waals surface area contributed by atoms with Gasteiger partial charge in [0.2, 0.25) is 0 Å². The minimum absolute atomic E-state index is 0.0771. The van der Waals surface area contributed by atoms with E-state index in [2.05, 4.69) is 32.9 Å². The Morgan fingerprint density at radius 2 is 1.77 bits per heavy atom. The first kappa shape index (κ1) is 20.6. The van der Waals surface area contributed by atoms with Gasteiger partial charge in [0, 0.05) is 61.6 Å². The number of fused-ring (bicyclic) bond motifs is 1. The van der Waals surface area contributed by atoms with Crippen LogP contribution >= 0.6 is 0 Å². The fraction of sp³-hybridized carbons (Fsp3) is 0.375. The fourth-order valence-corrected chi connectivity index (χ4v) is 3.98.